The van der Waals surface area contributed by atoms with Crippen LogP contribution in [0.5, 0.6) is 0 Å². The van der Waals surface area contributed by atoms with E-state index in [1.165, 1.54) is 0 Å². The Kier molecular flexibility index (Phi) is 2.25. The molecule has 76 valence electrons. The molecule has 4 nitrogen and oxygen atoms in total. The Morgan fingerprint density at radius 3 is 3.00 bits per heavy atom. The van der Waals surface area contributed by atoms with Crippen molar-refractivity contribution in [2.24, 2.45) is 0 Å². The predicted molar refractivity (Wildman–Crippen MR) is 56.9 cm³/mol. The number of fused-ring (bicyclic) bond motifs is 1. The largest absolute Gasteiger partial charge is 0.374 e. The molecular formula is C10H7BrN2O2. The van der Waals surface area contributed by atoms with E-state index in [1.807, 2.05) is 6.07 Å². The van der Waals surface area contributed by atoms with Gasteiger partial charge in [0.1, 0.15) is 0 Å². The summed E-state index contributed by atoms with van der Waals surface area (Å²) in [6, 6.07) is 6.91. The first-order valence-electron chi connectivity index (χ1n) is 4.29. The maximum Gasteiger partial charge on any atom is 0.262 e. The van der Waals surface area contributed by atoms with Crippen molar-refractivity contribution >= 4 is 27.5 Å². The summed E-state index contributed by atoms with van der Waals surface area (Å²) in [7, 11) is 0. The first-order valence-corrected chi connectivity index (χ1v) is 5.08. The quantitative estimate of drug-likeness (QED) is 0.809. The van der Waals surface area contributed by atoms with Crippen LogP contribution in [-0.2, 0) is 10.4 Å². The number of hydrogen-bond acceptors (Lipinski definition) is 3. The lowest BCUT2D eigenvalue weighted by Gasteiger charge is -2.16. The zero-order valence-corrected chi connectivity index (χ0v) is 9.21. The number of carbonyl (C=O) groups excluding carboxylic acids is 1. The normalized spacial score (nSPS) is 23.1. The number of nitrogens with one attached hydrogen (secondary N) is 1. The Morgan fingerprint density at radius 2 is 2.33 bits per heavy atom. The van der Waals surface area contributed by atoms with Crippen molar-refractivity contribution in [3.8, 4) is 6.07 Å². The number of hydrogen-bond donors (Lipinski definition) is 2. The fourth-order valence-electron chi connectivity index (χ4n) is 1.61. The molecule has 1 aromatic rings. The first kappa shape index (κ1) is 10.1. The van der Waals surface area contributed by atoms with E-state index in [0.717, 1.165) is 4.47 Å². The molecule has 0 saturated carbocycles. The van der Waals surface area contributed by atoms with Crippen LogP contribution in [0.4, 0.5) is 5.69 Å². The van der Waals surface area contributed by atoms with E-state index in [9.17, 15) is 9.90 Å². The molecule has 0 bridgehead atoms. The Morgan fingerprint density at radius 1 is 1.60 bits per heavy atom. The Balaban J connectivity index is 2.58. The molecule has 0 fully saturated rings. The smallest absolute Gasteiger partial charge is 0.262 e. The van der Waals surface area contributed by atoms with Gasteiger partial charge in [0, 0.05) is 15.7 Å². The molecule has 1 aromatic carbocycles. The number of carbonyl (C=O) groups is 1. The van der Waals surface area contributed by atoms with Crippen LogP contribution in [0.3, 0.4) is 0 Å². The molecule has 5 heteroatoms. The number of aliphatic hydroxyl groups is 1. The van der Waals surface area contributed by atoms with E-state index in [-0.39, 0.29) is 6.42 Å². The minimum Gasteiger partial charge on any atom is -0.374 e. The first-order chi connectivity index (χ1) is 7.08. The number of halogens is 1. The Bertz CT molecular complexity index is 481. The van der Waals surface area contributed by atoms with Crippen LogP contribution in [0.15, 0.2) is 22.7 Å². The van der Waals surface area contributed by atoms with Gasteiger partial charge in [0.2, 0.25) is 0 Å². The number of anilines is 1. The molecule has 1 atom stereocenters. The molecule has 1 heterocycles. The van der Waals surface area contributed by atoms with Gasteiger partial charge in [-0.25, -0.2) is 0 Å². The van der Waals surface area contributed by atoms with Crippen molar-refractivity contribution in [2.45, 2.75) is 12.0 Å². The number of benzene rings is 1. The van der Waals surface area contributed by atoms with E-state index in [2.05, 4.69) is 21.2 Å². The molecule has 0 aliphatic carbocycles. The predicted octanol–water partition coefficient (Wildman–Crippen LogP) is 1.50. The van der Waals surface area contributed by atoms with Gasteiger partial charge in [-0.15, -0.1) is 0 Å². The summed E-state index contributed by atoms with van der Waals surface area (Å²) in [6.45, 7) is 0. The molecule has 0 radical (unpaired) electrons. The molecule has 1 amide bonds. The van der Waals surface area contributed by atoms with Crippen molar-refractivity contribution in [3.63, 3.8) is 0 Å². The van der Waals surface area contributed by atoms with E-state index in [4.69, 9.17) is 5.26 Å². The Hall–Kier alpha value is -1.38. The SMILES string of the molecule is N#CCC1(O)C(=O)Nc2ccc(Br)cc21. The zero-order valence-electron chi connectivity index (χ0n) is 7.62. The second-order valence-electron chi connectivity index (χ2n) is 3.34. The van der Waals surface area contributed by atoms with Gasteiger partial charge in [-0.05, 0) is 18.2 Å². The van der Waals surface area contributed by atoms with Crippen molar-refractivity contribution in [3.05, 3.63) is 28.2 Å². The molecule has 2 N–H and O–H groups in total. The van der Waals surface area contributed by atoms with Crippen molar-refractivity contribution in [1.82, 2.24) is 0 Å². The third kappa shape index (κ3) is 1.42. The average molecular weight is 267 g/mol. The lowest BCUT2D eigenvalue weighted by atomic mass is 9.93. The second kappa shape index (κ2) is 3.33. The summed E-state index contributed by atoms with van der Waals surface area (Å²) >= 11 is 3.25. The van der Waals surface area contributed by atoms with Crippen LogP contribution in [0.25, 0.3) is 0 Å². The minimum atomic E-state index is -1.71. The average Bonchev–Trinajstić information content (AvgIpc) is 2.42. The molecular weight excluding hydrogens is 260 g/mol. The summed E-state index contributed by atoms with van der Waals surface area (Å²) in [5, 5.41) is 21.2. The highest BCUT2D eigenvalue weighted by Crippen LogP contribution is 2.39. The number of amides is 1. The standard InChI is InChI=1S/C10H7BrN2O2/c11-6-1-2-8-7(5-6)10(15,3-4-12)9(14)13-8/h1-2,5,15H,3H2,(H,13,14). The summed E-state index contributed by atoms with van der Waals surface area (Å²) < 4.78 is 0.758. The van der Waals surface area contributed by atoms with Gasteiger partial charge in [0.05, 0.1) is 12.5 Å². The van der Waals surface area contributed by atoms with Gasteiger partial charge in [0.25, 0.3) is 5.91 Å². The van der Waals surface area contributed by atoms with Crippen LogP contribution in [-0.4, -0.2) is 11.0 Å². The van der Waals surface area contributed by atoms with Crippen molar-refractivity contribution in [1.29, 1.82) is 5.26 Å². The summed E-state index contributed by atoms with van der Waals surface area (Å²) in [5.74, 6) is -0.544. The van der Waals surface area contributed by atoms with Crippen LogP contribution in [0.2, 0.25) is 0 Å². The fourth-order valence-corrected chi connectivity index (χ4v) is 1.97. The topological polar surface area (TPSA) is 73.1 Å². The van der Waals surface area contributed by atoms with Crippen LogP contribution in [0.1, 0.15) is 12.0 Å². The molecule has 1 unspecified atom stereocenters. The maximum absolute atomic E-state index is 11.5. The molecule has 0 saturated heterocycles. The zero-order chi connectivity index (χ0) is 11.1. The van der Waals surface area contributed by atoms with Crippen LogP contribution >= 0.6 is 15.9 Å². The summed E-state index contributed by atoms with van der Waals surface area (Å²) in [5.41, 5.74) is -0.710. The third-order valence-electron chi connectivity index (χ3n) is 2.39. The third-order valence-corrected chi connectivity index (χ3v) is 2.88. The van der Waals surface area contributed by atoms with E-state index < -0.39 is 11.5 Å². The molecule has 0 spiro atoms. The number of rotatable bonds is 1. The van der Waals surface area contributed by atoms with Crippen LogP contribution in [0, 0.1) is 11.3 Å². The van der Waals surface area contributed by atoms with E-state index in [0.29, 0.717) is 11.3 Å². The van der Waals surface area contributed by atoms with Gasteiger partial charge < -0.3 is 10.4 Å². The van der Waals surface area contributed by atoms with Crippen molar-refractivity contribution < 1.29 is 9.90 Å². The van der Waals surface area contributed by atoms with Gasteiger partial charge in [-0.3, -0.25) is 4.79 Å². The van der Waals surface area contributed by atoms with Gasteiger partial charge in [-0.2, -0.15) is 5.26 Å². The second-order valence-corrected chi connectivity index (χ2v) is 4.25. The van der Waals surface area contributed by atoms with Gasteiger partial charge in [-0.1, -0.05) is 15.9 Å². The van der Waals surface area contributed by atoms with Crippen molar-refractivity contribution in [2.75, 3.05) is 5.32 Å². The van der Waals surface area contributed by atoms with E-state index in [1.54, 1.807) is 18.2 Å². The maximum atomic E-state index is 11.5. The lowest BCUT2D eigenvalue weighted by molar-refractivity contribution is -0.133. The fraction of sp³-hybridized carbons (Fsp3) is 0.200. The molecule has 1 aliphatic heterocycles. The summed E-state index contributed by atoms with van der Waals surface area (Å²) in [6.07, 6.45) is -0.248. The highest BCUT2D eigenvalue weighted by molar-refractivity contribution is 9.10. The highest BCUT2D eigenvalue weighted by Gasteiger charge is 2.45. The van der Waals surface area contributed by atoms with Crippen LogP contribution < -0.4 is 5.32 Å². The molecule has 1 aliphatic rings. The van der Waals surface area contributed by atoms with E-state index >= 15 is 0 Å². The monoisotopic (exact) mass is 266 g/mol. The molecule has 15 heavy (non-hydrogen) atoms. The minimum absolute atomic E-state index is 0.248. The molecule has 0 aromatic heterocycles. The van der Waals surface area contributed by atoms with Gasteiger partial charge >= 0.3 is 0 Å². The lowest BCUT2D eigenvalue weighted by Crippen LogP contribution is -2.33. The summed E-state index contributed by atoms with van der Waals surface area (Å²) in [4.78, 5) is 11.5. The Labute approximate surface area is 94.7 Å². The highest BCUT2D eigenvalue weighted by atomic mass is 79.9. The number of nitrogens with zero attached hydrogens (tertiary/aromatic N) is 1. The molecule has 2 rings (SSSR count). The van der Waals surface area contributed by atoms with Gasteiger partial charge in [0.15, 0.2) is 5.60 Å². The number of nitriles is 1.